The number of hydrogen-bond donors (Lipinski definition) is 0. The highest BCUT2D eigenvalue weighted by molar-refractivity contribution is 5.84. The fourth-order valence-electron chi connectivity index (χ4n) is 5.29. The second-order valence-corrected chi connectivity index (χ2v) is 11.0. The molecule has 0 spiro atoms. The van der Waals surface area contributed by atoms with Crippen LogP contribution < -0.4 is 14.4 Å². The average molecular weight is 612 g/mol. The molecule has 6 aromatic carbocycles. The summed E-state index contributed by atoms with van der Waals surface area (Å²) in [4.78, 5) is 2.27. The predicted octanol–water partition coefficient (Wildman–Crippen LogP) is 11.3. The van der Waals surface area contributed by atoms with Crippen molar-refractivity contribution in [2.75, 3.05) is 19.1 Å². The third kappa shape index (κ3) is 8.16. The molecule has 230 valence electrons. The van der Waals surface area contributed by atoms with Crippen molar-refractivity contribution in [2.24, 2.45) is 0 Å². The molecule has 0 saturated carbocycles. The molecule has 0 atom stereocenters. The number of hydrogen-bond acceptors (Lipinski definition) is 3. The van der Waals surface area contributed by atoms with Crippen LogP contribution in [0.15, 0.2) is 164 Å². The molecule has 0 N–H and O–H groups in total. The van der Waals surface area contributed by atoms with Crippen molar-refractivity contribution in [2.45, 2.75) is 0 Å². The molecule has 0 heterocycles. The summed E-state index contributed by atoms with van der Waals surface area (Å²) in [7, 11) is 3.37. The Morgan fingerprint density at radius 2 is 0.723 bits per heavy atom. The van der Waals surface area contributed by atoms with Crippen molar-refractivity contribution in [3.8, 4) is 11.5 Å². The van der Waals surface area contributed by atoms with Crippen LogP contribution in [-0.4, -0.2) is 14.2 Å². The molecule has 0 unspecified atom stereocenters. The van der Waals surface area contributed by atoms with Gasteiger partial charge in [-0.3, -0.25) is 0 Å². The summed E-state index contributed by atoms with van der Waals surface area (Å²) in [6.07, 6.45) is 10.7. The summed E-state index contributed by atoms with van der Waals surface area (Å²) < 4.78 is 10.6. The number of anilines is 2. The lowest BCUT2D eigenvalue weighted by Crippen LogP contribution is -2.10. The second-order valence-electron chi connectivity index (χ2n) is 11.0. The summed E-state index contributed by atoms with van der Waals surface area (Å²) in [5.74, 6) is 1.71. The zero-order valence-electron chi connectivity index (χ0n) is 26.7. The van der Waals surface area contributed by atoms with E-state index >= 15 is 0 Å². The maximum Gasteiger partial charge on any atom is 0.118 e. The van der Waals surface area contributed by atoms with Crippen molar-refractivity contribution in [1.82, 2.24) is 0 Å². The zero-order chi connectivity index (χ0) is 32.3. The van der Waals surface area contributed by atoms with Gasteiger partial charge in [-0.2, -0.15) is 0 Å². The van der Waals surface area contributed by atoms with Gasteiger partial charge in [0.2, 0.25) is 0 Å². The standard InChI is InChI=1S/C44H37NO2/c1-46-42-29-21-36(22-30-42)15-13-34-17-25-40(26-18-34)45(33-44(38-9-5-3-6-10-38)39-11-7-4-8-12-39)41-27-19-35(20-28-41)14-16-37-23-31-43(47-2)32-24-37/h3-33H,1-2H3. The quantitative estimate of drug-likeness (QED) is 0.136. The number of ether oxygens (including phenoxy) is 2. The first-order valence-electron chi connectivity index (χ1n) is 15.6. The highest BCUT2D eigenvalue weighted by Crippen LogP contribution is 2.32. The van der Waals surface area contributed by atoms with Crippen LogP contribution in [-0.2, 0) is 0 Å². The molecule has 0 amide bonds. The Bertz CT molecular complexity index is 1800. The molecule has 3 nitrogen and oxygen atoms in total. The van der Waals surface area contributed by atoms with Crippen LogP contribution in [0.3, 0.4) is 0 Å². The summed E-state index contributed by atoms with van der Waals surface area (Å²) in [6, 6.07) is 54.6. The van der Waals surface area contributed by atoms with Crippen molar-refractivity contribution in [1.29, 1.82) is 0 Å². The van der Waals surface area contributed by atoms with E-state index in [0.717, 1.165) is 61.8 Å². The molecule has 0 radical (unpaired) electrons. The van der Waals surface area contributed by atoms with Gasteiger partial charge in [0.1, 0.15) is 11.5 Å². The molecular weight excluding hydrogens is 574 g/mol. The van der Waals surface area contributed by atoms with Crippen LogP contribution in [0.4, 0.5) is 11.4 Å². The zero-order valence-corrected chi connectivity index (χ0v) is 26.7. The largest absolute Gasteiger partial charge is 0.497 e. The van der Waals surface area contributed by atoms with Crippen LogP contribution >= 0.6 is 0 Å². The Kier molecular flexibility index (Phi) is 10.1. The third-order valence-electron chi connectivity index (χ3n) is 7.94. The van der Waals surface area contributed by atoms with Crippen LogP contribution in [0, 0.1) is 0 Å². The molecule has 0 fully saturated rings. The van der Waals surface area contributed by atoms with E-state index in [1.165, 1.54) is 0 Å². The summed E-state index contributed by atoms with van der Waals surface area (Å²) in [6.45, 7) is 0. The fraction of sp³-hybridized carbons (Fsp3) is 0.0455. The minimum Gasteiger partial charge on any atom is -0.497 e. The Balaban J connectivity index is 1.34. The predicted molar refractivity (Wildman–Crippen MR) is 199 cm³/mol. The van der Waals surface area contributed by atoms with Gasteiger partial charge in [0, 0.05) is 23.1 Å². The number of nitrogens with zero attached hydrogens (tertiary/aromatic N) is 1. The highest BCUT2D eigenvalue weighted by Gasteiger charge is 2.12. The Morgan fingerprint density at radius 1 is 0.404 bits per heavy atom. The second kappa shape index (κ2) is 15.3. The van der Waals surface area contributed by atoms with E-state index < -0.39 is 0 Å². The van der Waals surface area contributed by atoms with Gasteiger partial charge < -0.3 is 14.4 Å². The molecule has 0 aliphatic carbocycles. The number of rotatable bonds is 11. The lowest BCUT2D eigenvalue weighted by molar-refractivity contribution is 0.414. The van der Waals surface area contributed by atoms with Crippen LogP contribution in [0.2, 0.25) is 0 Å². The average Bonchev–Trinajstić information content (AvgIpc) is 3.15. The Labute approximate surface area is 278 Å². The Hall–Kier alpha value is -6.06. The van der Waals surface area contributed by atoms with Gasteiger partial charge in [0.05, 0.1) is 14.2 Å². The smallest absolute Gasteiger partial charge is 0.118 e. The first-order chi connectivity index (χ1) is 23.2. The SMILES string of the molecule is COc1ccc(C=Cc2ccc(N(C=C(c3ccccc3)c3ccccc3)c3ccc(C=Cc4ccc(OC)cc4)cc3)cc2)cc1. The van der Waals surface area contributed by atoms with Gasteiger partial charge >= 0.3 is 0 Å². The van der Waals surface area contributed by atoms with Crippen LogP contribution in [0.5, 0.6) is 11.5 Å². The lowest BCUT2D eigenvalue weighted by Gasteiger charge is -2.24. The molecular formula is C44H37NO2. The summed E-state index contributed by atoms with van der Waals surface area (Å²) in [5, 5.41) is 0. The van der Waals surface area contributed by atoms with Gasteiger partial charge in [0.25, 0.3) is 0 Å². The van der Waals surface area contributed by atoms with E-state index in [-0.39, 0.29) is 0 Å². The first-order valence-corrected chi connectivity index (χ1v) is 15.6. The van der Waals surface area contributed by atoms with Crippen molar-refractivity contribution >= 4 is 41.3 Å². The molecule has 3 heteroatoms. The molecule has 0 aliphatic heterocycles. The molecule has 0 aromatic heterocycles. The maximum atomic E-state index is 5.29. The van der Waals surface area contributed by atoms with Gasteiger partial charge in [0.15, 0.2) is 0 Å². The topological polar surface area (TPSA) is 21.7 Å². The number of methoxy groups -OCH3 is 2. The normalized spacial score (nSPS) is 11.0. The minimum atomic E-state index is 0.853. The number of benzene rings is 6. The van der Waals surface area contributed by atoms with E-state index in [1.807, 2.05) is 24.3 Å². The maximum absolute atomic E-state index is 5.29. The van der Waals surface area contributed by atoms with E-state index in [9.17, 15) is 0 Å². The molecule has 0 saturated heterocycles. The van der Waals surface area contributed by atoms with Crippen molar-refractivity contribution in [3.63, 3.8) is 0 Å². The fourth-order valence-corrected chi connectivity index (χ4v) is 5.29. The Morgan fingerprint density at radius 3 is 1.04 bits per heavy atom. The molecule has 47 heavy (non-hydrogen) atoms. The monoisotopic (exact) mass is 611 g/mol. The van der Waals surface area contributed by atoms with Gasteiger partial charge in [-0.15, -0.1) is 0 Å². The molecule has 0 bridgehead atoms. The van der Waals surface area contributed by atoms with E-state index in [1.54, 1.807) is 14.2 Å². The van der Waals surface area contributed by atoms with Gasteiger partial charge in [-0.05, 0) is 81.9 Å². The molecule has 0 aliphatic rings. The lowest BCUT2D eigenvalue weighted by atomic mass is 9.98. The molecule has 6 rings (SSSR count). The van der Waals surface area contributed by atoms with Crippen molar-refractivity contribution < 1.29 is 9.47 Å². The third-order valence-corrected chi connectivity index (χ3v) is 7.94. The van der Waals surface area contributed by atoms with Crippen LogP contribution in [0.25, 0.3) is 29.9 Å². The summed E-state index contributed by atoms with van der Waals surface area (Å²) in [5.41, 5.74) is 10.1. The van der Waals surface area contributed by atoms with E-state index in [4.69, 9.17) is 9.47 Å². The van der Waals surface area contributed by atoms with Crippen molar-refractivity contribution in [3.05, 3.63) is 197 Å². The highest BCUT2D eigenvalue weighted by atomic mass is 16.5. The van der Waals surface area contributed by atoms with E-state index in [0.29, 0.717) is 0 Å². The van der Waals surface area contributed by atoms with Gasteiger partial charge in [-0.25, -0.2) is 0 Å². The van der Waals surface area contributed by atoms with Gasteiger partial charge in [-0.1, -0.05) is 133 Å². The minimum absolute atomic E-state index is 0.853. The van der Waals surface area contributed by atoms with Crippen LogP contribution in [0.1, 0.15) is 33.4 Å². The summed E-state index contributed by atoms with van der Waals surface area (Å²) >= 11 is 0. The van der Waals surface area contributed by atoms with E-state index in [2.05, 4.69) is 169 Å². The molecule has 6 aromatic rings. The first kappa shape index (κ1) is 30.9.